The van der Waals surface area contributed by atoms with Gasteiger partial charge in [-0.3, -0.25) is 4.90 Å². The number of rotatable bonds is 7. The Hall–Kier alpha value is -3.45. The molecule has 3 aromatic heterocycles. The molecule has 1 aromatic carbocycles. The maximum absolute atomic E-state index is 15.2. The largest absolute Gasteiger partial charge is 0.479 e. The number of imidazole rings is 1. The van der Waals surface area contributed by atoms with Gasteiger partial charge in [-0.1, -0.05) is 6.07 Å². The van der Waals surface area contributed by atoms with Gasteiger partial charge in [0, 0.05) is 6.54 Å². The van der Waals surface area contributed by atoms with Gasteiger partial charge in [0.2, 0.25) is 11.8 Å². The molecule has 9 nitrogen and oxygen atoms in total. The van der Waals surface area contributed by atoms with Crippen molar-refractivity contribution in [1.82, 2.24) is 29.0 Å². The van der Waals surface area contributed by atoms with Crippen LogP contribution < -0.4 is 10.1 Å². The SMILES string of the molecule is COc1nc(NC2CN(C3COC3)CC2(F)F)nn2cc(F)c(-c3ccc4ncn(CCF)c4c3)c12. The molecular weight excluding hydrogens is 482 g/mol. The lowest BCUT2D eigenvalue weighted by molar-refractivity contribution is -0.0711. The number of hydrogen-bond donors (Lipinski definition) is 1. The van der Waals surface area contributed by atoms with E-state index in [4.69, 9.17) is 9.47 Å². The molecule has 4 aromatic rings. The lowest BCUT2D eigenvalue weighted by atomic mass is 10.1. The van der Waals surface area contributed by atoms with Crippen molar-refractivity contribution >= 4 is 22.5 Å². The summed E-state index contributed by atoms with van der Waals surface area (Å²) >= 11 is 0. The number of fused-ring (bicyclic) bond motifs is 2. The topological polar surface area (TPSA) is 81.7 Å². The zero-order valence-corrected chi connectivity index (χ0v) is 19.3. The van der Waals surface area contributed by atoms with Crippen LogP contribution in [-0.2, 0) is 11.3 Å². The number of nitrogens with one attached hydrogen (secondary N) is 1. The lowest BCUT2D eigenvalue weighted by Gasteiger charge is -2.34. The van der Waals surface area contributed by atoms with Crippen molar-refractivity contribution in [3.05, 3.63) is 36.5 Å². The van der Waals surface area contributed by atoms with Crippen molar-refractivity contribution in [3.63, 3.8) is 0 Å². The quantitative estimate of drug-likeness (QED) is 0.387. The molecule has 2 aliphatic rings. The van der Waals surface area contributed by atoms with Gasteiger partial charge >= 0.3 is 0 Å². The number of aromatic nitrogens is 5. The van der Waals surface area contributed by atoms with Gasteiger partial charge in [0.1, 0.15) is 18.2 Å². The van der Waals surface area contributed by atoms with Crippen LogP contribution in [0.25, 0.3) is 27.7 Å². The number of ether oxygens (including phenoxy) is 2. The molecule has 1 atom stereocenters. The number of halogens is 4. The summed E-state index contributed by atoms with van der Waals surface area (Å²) in [6.07, 6.45) is 2.68. The Kier molecular flexibility index (Phi) is 5.48. The Morgan fingerprint density at radius 3 is 2.83 bits per heavy atom. The maximum atomic E-state index is 15.2. The number of hydrogen-bond acceptors (Lipinski definition) is 7. The summed E-state index contributed by atoms with van der Waals surface area (Å²) in [5, 5.41) is 6.97. The van der Waals surface area contributed by atoms with Crippen LogP contribution in [0.2, 0.25) is 0 Å². The Morgan fingerprint density at radius 2 is 2.11 bits per heavy atom. The number of methoxy groups -OCH3 is 1. The van der Waals surface area contributed by atoms with Crippen molar-refractivity contribution in [1.29, 1.82) is 0 Å². The smallest absolute Gasteiger partial charge is 0.281 e. The van der Waals surface area contributed by atoms with E-state index in [-0.39, 0.29) is 48.6 Å². The number of aryl methyl sites for hydroxylation is 1. The highest BCUT2D eigenvalue weighted by Crippen LogP contribution is 2.36. The molecule has 6 rings (SSSR count). The summed E-state index contributed by atoms with van der Waals surface area (Å²) < 4.78 is 71.0. The summed E-state index contributed by atoms with van der Waals surface area (Å²) in [4.78, 5) is 10.2. The van der Waals surface area contributed by atoms with Gasteiger partial charge in [-0.15, -0.1) is 5.10 Å². The summed E-state index contributed by atoms with van der Waals surface area (Å²) in [6, 6.07) is 3.86. The Balaban J connectivity index is 1.37. The van der Waals surface area contributed by atoms with Crippen LogP contribution in [0.4, 0.5) is 23.5 Å². The van der Waals surface area contributed by atoms with E-state index in [0.717, 1.165) is 6.20 Å². The average molecular weight is 505 g/mol. The van der Waals surface area contributed by atoms with Crippen LogP contribution in [0.5, 0.6) is 5.88 Å². The van der Waals surface area contributed by atoms with E-state index < -0.39 is 24.5 Å². The number of benzene rings is 1. The summed E-state index contributed by atoms with van der Waals surface area (Å²) in [7, 11) is 1.36. The zero-order chi connectivity index (χ0) is 25.0. The second-order valence-corrected chi connectivity index (χ2v) is 9.00. The van der Waals surface area contributed by atoms with Crippen molar-refractivity contribution in [2.75, 3.05) is 45.4 Å². The first kappa shape index (κ1) is 23.0. The van der Waals surface area contributed by atoms with Crippen LogP contribution in [0, 0.1) is 5.82 Å². The maximum Gasteiger partial charge on any atom is 0.281 e. The van der Waals surface area contributed by atoms with E-state index in [1.807, 2.05) is 0 Å². The third kappa shape index (κ3) is 3.73. The highest BCUT2D eigenvalue weighted by atomic mass is 19.3. The van der Waals surface area contributed by atoms with E-state index in [9.17, 15) is 13.2 Å². The fourth-order valence-electron chi connectivity index (χ4n) is 4.81. The molecular formula is C23H23F4N7O2. The molecule has 2 aliphatic heterocycles. The normalized spacial score (nSPS) is 20.3. The number of likely N-dealkylation sites (tertiary alicyclic amines) is 1. The molecule has 0 saturated carbocycles. The average Bonchev–Trinajstić information content (AvgIpc) is 3.44. The van der Waals surface area contributed by atoms with Crippen molar-refractivity contribution < 1.29 is 27.0 Å². The molecule has 2 fully saturated rings. The van der Waals surface area contributed by atoms with Crippen LogP contribution in [0.3, 0.4) is 0 Å². The highest BCUT2D eigenvalue weighted by molar-refractivity contribution is 5.90. The van der Waals surface area contributed by atoms with Gasteiger partial charge in [0.05, 0.1) is 68.6 Å². The van der Waals surface area contributed by atoms with Gasteiger partial charge in [0.15, 0.2) is 5.82 Å². The lowest BCUT2D eigenvalue weighted by Crippen LogP contribution is -2.48. The standard InChI is InChI=1S/C23H23F4N7O2/c1-35-21-20-19(13-2-3-16-17(6-13)32(5-4-24)12-28-16)15(25)7-34(20)31-22(30-21)29-18-8-33(11-23(18,26)27)14-9-36-10-14/h2-3,6-7,12,14,18H,4-5,8-11H2,1H3,(H,29,31). The van der Waals surface area contributed by atoms with Crippen LogP contribution in [0.1, 0.15) is 0 Å². The van der Waals surface area contributed by atoms with Crippen molar-refractivity contribution in [2.24, 2.45) is 0 Å². The molecule has 1 N–H and O–H groups in total. The molecule has 0 spiro atoms. The number of alkyl halides is 3. The van der Waals surface area contributed by atoms with Gasteiger partial charge in [-0.2, -0.15) is 4.98 Å². The zero-order valence-electron chi connectivity index (χ0n) is 19.3. The van der Waals surface area contributed by atoms with E-state index in [2.05, 4.69) is 20.4 Å². The molecule has 13 heteroatoms. The van der Waals surface area contributed by atoms with E-state index in [1.54, 1.807) is 27.7 Å². The first-order valence-corrected chi connectivity index (χ1v) is 11.5. The highest BCUT2D eigenvalue weighted by Gasteiger charge is 2.51. The van der Waals surface area contributed by atoms with Crippen molar-refractivity contribution in [2.45, 2.75) is 24.6 Å². The third-order valence-electron chi connectivity index (χ3n) is 6.76. The van der Waals surface area contributed by atoms with Crippen molar-refractivity contribution in [3.8, 4) is 17.0 Å². The number of anilines is 1. The third-order valence-corrected chi connectivity index (χ3v) is 6.76. The molecule has 1 unspecified atom stereocenters. The molecule has 0 radical (unpaired) electrons. The first-order chi connectivity index (χ1) is 17.4. The first-order valence-electron chi connectivity index (χ1n) is 11.5. The van der Waals surface area contributed by atoms with Gasteiger partial charge in [-0.05, 0) is 17.7 Å². The Morgan fingerprint density at radius 1 is 1.28 bits per heavy atom. The Labute approximate surface area is 202 Å². The summed E-state index contributed by atoms with van der Waals surface area (Å²) in [6.45, 7) is 0.139. The second kappa shape index (κ2) is 8.59. The molecule has 0 amide bonds. The second-order valence-electron chi connectivity index (χ2n) is 9.00. The minimum absolute atomic E-state index is 0.0225. The van der Waals surface area contributed by atoms with Gasteiger partial charge < -0.3 is 19.4 Å². The minimum atomic E-state index is -3.01. The predicted molar refractivity (Wildman–Crippen MR) is 123 cm³/mol. The van der Waals surface area contributed by atoms with Gasteiger partial charge in [-0.25, -0.2) is 27.1 Å². The molecule has 5 heterocycles. The molecule has 0 aliphatic carbocycles. The molecule has 2 saturated heterocycles. The van der Waals surface area contributed by atoms with E-state index in [0.29, 0.717) is 29.8 Å². The summed E-state index contributed by atoms with van der Waals surface area (Å²) in [5.74, 6) is -3.69. The molecule has 190 valence electrons. The Bertz CT molecular complexity index is 1440. The summed E-state index contributed by atoms with van der Waals surface area (Å²) in [5.41, 5.74) is 2.20. The van der Waals surface area contributed by atoms with E-state index >= 15 is 4.39 Å². The fraction of sp³-hybridized carbons (Fsp3) is 0.435. The van der Waals surface area contributed by atoms with Crippen LogP contribution >= 0.6 is 0 Å². The van der Waals surface area contributed by atoms with E-state index in [1.165, 1.54) is 18.0 Å². The monoisotopic (exact) mass is 505 g/mol. The predicted octanol–water partition coefficient (Wildman–Crippen LogP) is 2.99. The molecule has 36 heavy (non-hydrogen) atoms. The van der Waals surface area contributed by atoms with Gasteiger partial charge in [0.25, 0.3) is 5.92 Å². The fourth-order valence-corrected chi connectivity index (χ4v) is 4.81. The molecule has 0 bridgehead atoms. The van der Waals surface area contributed by atoms with Crippen LogP contribution in [-0.4, -0.2) is 87.1 Å². The van der Waals surface area contributed by atoms with Crippen LogP contribution in [0.15, 0.2) is 30.7 Å². The number of nitrogens with zero attached hydrogens (tertiary/aromatic N) is 6. The minimum Gasteiger partial charge on any atom is -0.479 e.